The normalized spacial score (nSPS) is 23.8. The van der Waals surface area contributed by atoms with Crippen molar-refractivity contribution < 1.29 is 4.79 Å². The molecular formula is C16H34ClN3O. The average molecular weight is 320 g/mol. The Morgan fingerprint density at radius 1 is 1.19 bits per heavy atom. The number of piperidine rings is 1. The lowest BCUT2D eigenvalue weighted by Gasteiger charge is -2.46. The smallest absolute Gasteiger partial charge is 0.240 e. The molecule has 0 aromatic carbocycles. The maximum Gasteiger partial charge on any atom is 0.240 e. The number of hydrogen-bond donors (Lipinski definition) is 1. The van der Waals surface area contributed by atoms with Crippen molar-refractivity contribution >= 4 is 18.3 Å². The summed E-state index contributed by atoms with van der Waals surface area (Å²) >= 11 is 0. The van der Waals surface area contributed by atoms with Gasteiger partial charge in [0.25, 0.3) is 0 Å². The molecule has 1 amide bonds. The zero-order chi connectivity index (χ0) is 15.7. The zero-order valence-electron chi connectivity index (χ0n) is 14.7. The maximum absolute atomic E-state index is 12.8. The fraction of sp³-hybridized carbons (Fsp3) is 0.938. The summed E-state index contributed by atoms with van der Waals surface area (Å²) in [6.07, 6.45) is 0.966. The van der Waals surface area contributed by atoms with Gasteiger partial charge in [0.2, 0.25) is 5.91 Å². The predicted octanol–water partition coefficient (Wildman–Crippen LogP) is 2.50. The van der Waals surface area contributed by atoms with Crippen molar-refractivity contribution in [3.8, 4) is 0 Å². The average Bonchev–Trinajstić information content (AvgIpc) is 2.30. The molecule has 21 heavy (non-hydrogen) atoms. The molecule has 1 heterocycles. The van der Waals surface area contributed by atoms with Crippen LogP contribution in [0, 0.1) is 5.41 Å². The quantitative estimate of drug-likeness (QED) is 0.866. The first-order chi connectivity index (χ1) is 9.08. The van der Waals surface area contributed by atoms with Crippen LogP contribution >= 0.6 is 12.4 Å². The minimum Gasteiger partial charge on any atom is -0.336 e. The van der Waals surface area contributed by atoms with Crippen LogP contribution in [0.4, 0.5) is 0 Å². The van der Waals surface area contributed by atoms with E-state index in [2.05, 4.69) is 46.4 Å². The van der Waals surface area contributed by atoms with E-state index in [0.29, 0.717) is 0 Å². The molecule has 0 aromatic heterocycles. The van der Waals surface area contributed by atoms with Gasteiger partial charge >= 0.3 is 0 Å². The standard InChI is InChI=1S/C16H33N3O.ClH/c1-11(2)19(12(3)4)15(20)13(5)18-9-8-14(17)16(6,7)10-18;/h11-14H,8-10,17H2,1-7H3;1H. The van der Waals surface area contributed by atoms with Crippen molar-refractivity contribution in [3.63, 3.8) is 0 Å². The first-order valence-corrected chi connectivity index (χ1v) is 7.89. The van der Waals surface area contributed by atoms with Crippen LogP contribution in [-0.2, 0) is 4.79 Å². The topological polar surface area (TPSA) is 49.6 Å². The summed E-state index contributed by atoms with van der Waals surface area (Å²) in [4.78, 5) is 17.1. The van der Waals surface area contributed by atoms with Crippen molar-refractivity contribution in [2.24, 2.45) is 11.1 Å². The first-order valence-electron chi connectivity index (χ1n) is 7.89. The fourth-order valence-electron chi connectivity index (χ4n) is 3.22. The van der Waals surface area contributed by atoms with Crippen molar-refractivity contribution in [2.75, 3.05) is 13.1 Å². The van der Waals surface area contributed by atoms with E-state index in [0.717, 1.165) is 19.5 Å². The molecule has 1 aliphatic rings. The van der Waals surface area contributed by atoms with Crippen molar-refractivity contribution in [1.29, 1.82) is 0 Å². The van der Waals surface area contributed by atoms with Gasteiger partial charge in [-0.3, -0.25) is 9.69 Å². The number of hydrogen-bond acceptors (Lipinski definition) is 3. The molecule has 1 saturated heterocycles. The Balaban J connectivity index is 0.00000400. The van der Waals surface area contributed by atoms with Crippen molar-refractivity contribution in [1.82, 2.24) is 9.80 Å². The monoisotopic (exact) mass is 319 g/mol. The third kappa shape index (κ3) is 4.83. The van der Waals surface area contributed by atoms with E-state index in [1.165, 1.54) is 0 Å². The Labute approximate surface area is 136 Å². The third-order valence-electron chi connectivity index (χ3n) is 4.61. The number of nitrogens with zero attached hydrogens (tertiary/aromatic N) is 2. The van der Waals surface area contributed by atoms with Crippen molar-refractivity contribution in [3.05, 3.63) is 0 Å². The number of amides is 1. The lowest BCUT2D eigenvalue weighted by Crippen LogP contribution is -2.59. The Bertz CT molecular complexity index is 336. The highest BCUT2D eigenvalue weighted by atomic mass is 35.5. The number of rotatable bonds is 4. The highest BCUT2D eigenvalue weighted by molar-refractivity contribution is 5.85. The van der Waals surface area contributed by atoms with Gasteiger partial charge in [-0.15, -0.1) is 12.4 Å². The molecule has 0 radical (unpaired) electrons. The van der Waals surface area contributed by atoms with Gasteiger partial charge in [0.15, 0.2) is 0 Å². The second-order valence-electron chi connectivity index (χ2n) is 7.46. The van der Waals surface area contributed by atoms with Gasteiger partial charge in [0, 0.05) is 31.2 Å². The van der Waals surface area contributed by atoms with Crippen LogP contribution in [0.15, 0.2) is 0 Å². The largest absolute Gasteiger partial charge is 0.336 e. The van der Waals surface area contributed by atoms with Gasteiger partial charge in [0.05, 0.1) is 6.04 Å². The SMILES string of the molecule is CC(C(=O)N(C(C)C)C(C)C)N1CCC(N)C(C)(C)C1.Cl. The van der Waals surface area contributed by atoms with Crippen LogP contribution in [0.2, 0.25) is 0 Å². The van der Waals surface area contributed by atoms with E-state index >= 15 is 0 Å². The minimum atomic E-state index is -0.0634. The first kappa shape index (κ1) is 20.7. The lowest BCUT2D eigenvalue weighted by atomic mass is 9.79. The van der Waals surface area contributed by atoms with E-state index in [1.54, 1.807) is 0 Å². The van der Waals surface area contributed by atoms with Crippen LogP contribution in [0.5, 0.6) is 0 Å². The second-order valence-corrected chi connectivity index (χ2v) is 7.46. The summed E-state index contributed by atoms with van der Waals surface area (Å²) in [5.41, 5.74) is 6.26. The van der Waals surface area contributed by atoms with Crippen LogP contribution in [-0.4, -0.2) is 53.0 Å². The number of likely N-dealkylation sites (tertiary alicyclic amines) is 1. The molecular weight excluding hydrogens is 286 g/mol. The Morgan fingerprint density at radius 2 is 1.67 bits per heavy atom. The molecule has 1 fully saturated rings. The number of carbonyl (C=O) groups is 1. The van der Waals surface area contributed by atoms with Gasteiger partial charge in [0.1, 0.15) is 0 Å². The predicted molar refractivity (Wildman–Crippen MR) is 91.8 cm³/mol. The van der Waals surface area contributed by atoms with Gasteiger partial charge in [-0.25, -0.2) is 0 Å². The summed E-state index contributed by atoms with van der Waals surface area (Å²) in [5, 5.41) is 0. The molecule has 5 heteroatoms. The molecule has 0 bridgehead atoms. The summed E-state index contributed by atoms with van der Waals surface area (Å²) < 4.78 is 0. The highest BCUT2D eigenvalue weighted by Crippen LogP contribution is 2.29. The number of nitrogens with two attached hydrogens (primary N) is 1. The van der Waals surface area contributed by atoms with Gasteiger partial charge in [-0.1, -0.05) is 13.8 Å². The second kappa shape index (κ2) is 7.80. The van der Waals surface area contributed by atoms with Crippen LogP contribution < -0.4 is 5.73 Å². The summed E-state index contributed by atoms with van der Waals surface area (Å²) in [5.74, 6) is 0.237. The minimum absolute atomic E-state index is 0. The van der Waals surface area contributed by atoms with Crippen LogP contribution in [0.25, 0.3) is 0 Å². The molecule has 0 aliphatic carbocycles. The van der Waals surface area contributed by atoms with Crippen molar-refractivity contribution in [2.45, 2.75) is 79.1 Å². The fourth-order valence-corrected chi connectivity index (χ4v) is 3.22. The highest BCUT2D eigenvalue weighted by Gasteiger charge is 2.38. The summed E-state index contributed by atoms with van der Waals surface area (Å²) in [6.45, 7) is 16.6. The van der Waals surface area contributed by atoms with Gasteiger partial charge < -0.3 is 10.6 Å². The lowest BCUT2D eigenvalue weighted by molar-refractivity contribution is -0.141. The Kier molecular flexibility index (Phi) is 7.68. The molecule has 0 aromatic rings. The molecule has 1 rings (SSSR count). The van der Waals surface area contributed by atoms with Gasteiger partial charge in [-0.05, 0) is 46.5 Å². The van der Waals surface area contributed by atoms with Crippen LogP contribution in [0.3, 0.4) is 0 Å². The van der Waals surface area contributed by atoms with Gasteiger partial charge in [-0.2, -0.15) is 0 Å². The molecule has 126 valence electrons. The number of carbonyl (C=O) groups excluding carboxylic acids is 1. The zero-order valence-corrected chi connectivity index (χ0v) is 15.5. The molecule has 2 N–H and O–H groups in total. The van der Waals surface area contributed by atoms with E-state index < -0.39 is 0 Å². The maximum atomic E-state index is 12.8. The van der Waals surface area contributed by atoms with E-state index in [-0.39, 0.29) is 47.9 Å². The third-order valence-corrected chi connectivity index (χ3v) is 4.61. The van der Waals surface area contributed by atoms with E-state index in [4.69, 9.17) is 5.73 Å². The molecule has 2 atom stereocenters. The molecule has 2 unspecified atom stereocenters. The molecule has 4 nitrogen and oxygen atoms in total. The Hall–Kier alpha value is -0.320. The summed E-state index contributed by atoms with van der Waals surface area (Å²) in [7, 11) is 0. The van der Waals surface area contributed by atoms with E-state index in [9.17, 15) is 4.79 Å². The van der Waals surface area contributed by atoms with E-state index in [1.807, 2.05) is 11.8 Å². The summed E-state index contributed by atoms with van der Waals surface area (Å²) in [6, 6.07) is 0.647. The Morgan fingerprint density at radius 3 is 2.05 bits per heavy atom. The molecule has 0 spiro atoms. The number of halogens is 1. The molecule has 0 saturated carbocycles. The molecule has 1 aliphatic heterocycles. The van der Waals surface area contributed by atoms with Crippen LogP contribution in [0.1, 0.15) is 54.9 Å².